The van der Waals surface area contributed by atoms with E-state index in [1.54, 1.807) is 11.8 Å². The summed E-state index contributed by atoms with van der Waals surface area (Å²) in [5.74, 6) is 0.0766. The molecule has 0 bridgehead atoms. The molecule has 2 nitrogen and oxygen atoms in total. The van der Waals surface area contributed by atoms with Crippen LogP contribution in [0.25, 0.3) is 0 Å². The number of allylic oxidation sites excluding steroid dienone is 2. The molecule has 1 heterocycles. The highest BCUT2D eigenvalue weighted by Crippen LogP contribution is 2.42. The number of Topliss-reactive ketones (excluding diaryl/α,β-unsaturated/α-hetero) is 1. The number of rotatable bonds is 2. The van der Waals surface area contributed by atoms with E-state index in [0.717, 1.165) is 26.7 Å². The van der Waals surface area contributed by atoms with Crippen LogP contribution in [-0.4, -0.2) is 5.78 Å². The lowest BCUT2D eigenvalue weighted by molar-refractivity contribution is 0.104. The van der Waals surface area contributed by atoms with Crippen molar-refractivity contribution in [3.05, 3.63) is 70.3 Å². The van der Waals surface area contributed by atoms with Crippen LogP contribution in [0.3, 0.4) is 0 Å². The second-order valence-corrected chi connectivity index (χ2v) is 5.88. The molecule has 100 valence electrons. The fraction of sp³-hybridized carbons (Fsp3) is 0.118. The van der Waals surface area contributed by atoms with Gasteiger partial charge in [-0.3, -0.25) is 4.79 Å². The smallest absolute Gasteiger partial charge is 0.201 e. The number of carbonyl (C=O) groups excluding carboxylic acids is 1. The molecule has 3 heteroatoms. The molecule has 1 N–H and O–H groups in total. The number of nitrogens with one attached hydrogen (secondary N) is 1. The van der Waals surface area contributed by atoms with Gasteiger partial charge in [0.25, 0.3) is 0 Å². The summed E-state index contributed by atoms with van der Waals surface area (Å²) >= 11 is 1.55. The van der Waals surface area contributed by atoms with Gasteiger partial charge in [-0.05, 0) is 25.5 Å². The first kappa shape index (κ1) is 13.0. The molecule has 3 rings (SSSR count). The topological polar surface area (TPSA) is 29.1 Å². The molecule has 0 radical (unpaired) electrons. The van der Waals surface area contributed by atoms with E-state index in [2.05, 4.69) is 18.3 Å². The highest BCUT2D eigenvalue weighted by atomic mass is 32.2. The van der Waals surface area contributed by atoms with Gasteiger partial charge in [0.2, 0.25) is 5.78 Å². The fourth-order valence-corrected chi connectivity index (χ4v) is 3.35. The number of thioether (sulfide) groups is 1. The summed E-state index contributed by atoms with van der Waals surface area (Å²) in [6, 6.07) is 15.6. The largest absolute Gasteiger partial charge is 0.357 e. The summed E-state index contributed by atoms with van der Waals surface area (Å²) < 4.78 is 0. The molecule has 2 aromatic rings. The van der Waals surface area contributed by atoms with Crippen LogP contribution < -0.4 is 5.32 Å². The molecule has 0 unspecified atom stereocenters. The Labute approximate surface area is 122 Å². The van der Waals surface area contributed by atoms with E-state index in [4.69, 9.17) is 0 Å². The number of carbonyl (C=O) groups is 1. The number of hydrogen-bond acceptors (Lipinski definition) is 3. The lowest BCUT2D eigenvalue weighted by Gasteiger charge is -2.23. The van der Waals surface area contributed by atoms with Gasteiger partial charge in [0.15, 0.2) is 0 Å². The van der Waals surface area contributed by atoms with Crippen LogP contribution in [-0.2, 0) is 0 Å². The monoisotopic (exact) mass is 281 g/mol. The zero-order chi connectivity index (χ0) is 14.1. The Morgan fingerprint density at radius 3 is 2.50 bits per heavy atom. The van der Waals surface area contributed by atoms with Crippen molar-refractivity contribution in [2.75, 3.05) is 5.32 Å². The maximum atomic E-state index is 12.6. The molecule has 0 amide bonds. The summed E-state index contributed by atoms with van der Waals surface area (Å²) in [5, 5.41) is 3.37. The van der Waals surface area contributed by atoms with Gasteiger partial charge < -0.3 is 5.32 Å². The van der Waals surface area contributed by atoms with E-state index in [1.165, 1.54) is 5.56 Å². The van der Waals surface area contributed by atoms with Crippen LogP contribution in [0.2, 0.25) is 0 Å². The van der Waals surface area contributed by atoms with Crippen LogP contribution in [0.15, 0.2) is 64.0 Å². The number of ketones is 1. The van der Waals surface area contributed by atoms with E-state index >= 15 is 0 Å². The first-order valence-electron chi connectivity index (χ1n) is 6.52. The van der Waals surface area contributed by atoms with Crippen molar-refractivity contribution in [1.29, 1.82) is 0 Å². The molecule has 20 heavy (non-hydrogen) atoms. The molecule has 0 spiro atoms. The Balaban J connectivity index is 1.98. The number of fused-ring (bicyclic) bond motifs is 1. The fourth-order valence-electron chi connectivity index (χ4n) is 2.25. The summed E-state index contributed by atoms with van der Waals surface area (Å²) in [7, 11) is 0. The zero-order valence-corrected chi connectivity index (χ0v) is 12.3. The molecular weight excluding hydrogens is 266 g/mol. The standard InChI is InChI=1S/C17H15NOS/c1-11-7-6-10-14-15(11)18-12(2)17(20-14)16(19)13-8-4-3-5-9-13/h3-10,18H,1-2H3. The predicted octanol–water partition coefficient (Wildman–Crippen LogP) is 4.63. The van der Waals surface area contributed by atoms with Gasteiger partial charge in [-0.1, -0.05) is 54.2 Å². The van der Waals surface area contributed by atoms with E-state index in [-0.39, 0.29) is 5.78 Å². The summed E-state index contributed by atoms with van der Waals surface area (Å²) in [5.41, 5.74) is 3.96. The van der Waals surface area contributed by atoms with Crippen LogP contribution in [0.5, 0.6) is 0 Å². The predicted molar refractivity (Wildman–Crippen MR) is 84.1 cm³/mol. The van der Waals surface area contributed by atoms with Crippen molar-refractivity contribution in [1.82, 2.24) is 0 Å². The lowest BCUT2D eigenvalue weighted by atomic mass is 10.1. The van der Waals surface area contributed by atoms with E-state index in [0.29, 0.717) is 0 Å². The molecule has 0 saturated heterocycles. The number of para-hydroxylation sites is 1. The second-order valence-electron chi connectivity index (χ2n) is 4.82. The zero-order valence-electron chi connectivity index (χ0n) is 11.4. The minimum Gasteiger partial charge on any atom is -0.357 e. The summed E-state index contributed by atoms with van der Waals surface area (Å²) in [6.45, 7) is 4.03. The Hall–Kier alpha value is -2.00. The van der Waals surface area contributed by atoms with Crippen LogP contribution in [0.4, 0.5) is 5.69 Å². The van der Waals surface area contributed by atoms with Crippen molar-refractivity contribution in [3.63, 3.8) is 0 Å². The van der Waals surface area contributed by atoms with Gasteiger partial charge in [0, 0.05) is 16.2 Å². The Bertz CT molecular complexity index is 704. The van der Waals surface area contributed by atoms with Gasteiger partial charge in [-0.2, -0.15) is 0 Å². The van der Waals surface area contributed by atoms with Crippen molar-refractivity contribution < 1.29 is 4.79 Å². The van der Waals surface area contributed by atoms with Gasteiger partial charge in [-0.15, -0.1) is 0 Å². The molecular formula is C17H15NOS. The number of anilines is 1. The number of aryl methyl sites for hydroxylation is 1. The third kappa shape index (κ3) is 2.25. The normalized spacial score (nSPS) is 13.7. The minimum absolute atomic E-state index is 0.0766. The maximum Gasteiger partial charge on any atom is 0.201 e. The average Bonchev–Trinajstić information content (AvgIpc) is 2.48. The van der Waals surface area contributed by atoms with Crippen molar-refractivity contribution in [2.45, 2.75) is 18.7 Å². The van der Waals surface area contributed by atoms with Crippen molar-refractivity contribution in [3.8, 4) is 0 Å². The second kappa shape index (κ2) is 5.17. The first-order valence-corrected chi connectivity index (χ1v) is 7.33. The quantitative estimate of drug-likeness (QED) is 0.814. The molecule has 0 saturated carbocycles. The Kier molecular flexibility index (Phi) is 3.36. The van der Waals surface area contributed by atoms with Crippen LogP contribution >= 0.6 is 11.8 Å². The molecule has 0 aliphatic carbocycles. The van der Waals surface area contributed by atoms with Gasteiger partial charge in [0.1, 0.15) is 0 Å². The van der Waals surface area contributed by atoms with Crippen molar-refractivity contribution in [2.24, 2.45) is 0 Å². The van der Waals surface area contributed by atoms with Crippen molar-refractivity contribution >= 4 is 23.2 Å². The van der Waals surface area contributed by atoms with Crippen LogP contribution in [0.1, 0.15) is 22.8 Å². The van der Waals surface area contributed by atoms with E-state index in [9.17, 15) is 4.79 Å². The molecule has 1 aliphatic rings. The summed E-state index contributed by atoms with van der Waals surface area (Å²) in [6.07, 6.45) is 0. The Morgan fingerprint density at radius 1 is 1.00 bits per heavy atom. The maximum absolute atomic E-state index is 12.6. The van der Waals surface area contributed by atoms with Gasteiger partial charge in [-0.25, -0.2) is 0 Å². The third-order valence-electron chi connectivity index (χ3n) is 3.34. The molecule has 1 aliphatic heterocycles. The SMILES string of the molecule is CC1=C(C(=O)c2ccccc2)Sc2cccc(C)c2N1. The highest BCUT2D eigenvalue weighted by molar-refractivity contribution is 8.04. The lowest BCUT2D eigenvalue weighted by Crippen LogP contribution is -2.12. The molecule has 0 fully saturated rings. The average molecular weight is 281 g/mol. The molecule has 2 aromatic carbocycles. The van der Waals surface area contributed by atoms with E-state index in [1.807, 2.05) is 49.4 Å². The highest BCUT2D eigenvalue weighted by Gasteiger charge is 2.23. The molecule has 0 aromatic heterocycles. The van der Waals surface area contributed by atoms with Gasteiger partial charge in [0.05, 0.1) is 10.6 Å². The number of hydrogen-bond donors (Lipinski definition) is 1. The Morgan fingerprint density at radius 2 is 1.75 bits per heavy atom. The molecule has 0 atom stereocenters. The summed E-state index contributed by atoms with van der Waals surface area (Å²) in [4.78, 5) is 14.5. The van der Waals surface area contributed by atoms with Gasteiger partial charge >= 0.3 is 0 Å². The van der Waals surface area contributed by atoms with E-state index < -0.39 is 0 Å². The number of benzene rings is 2. The first-order chi connectivity index (χ1) is 9.66. The minimum atomic E-state index is 0.0766. The van der Waals surface area contributed by atoms with Crippen LogP contribution in [0, 0.1) is 6.92 Å². The third-order valence-corrected chi connectivity index (χ3v) is 4.60.